The van der Waals surface area contributed by atoms with Crippen molar-refractivity contribution in [3.63, 3.8) is 0 Å². The molecule has 2 aromatic rings. The van der Waals surface area contributed by atoms with Gasteiger partial charge in [0.05, 0.1) is 17.0 Å². The number of nitrogens with zero attached hydrogens (tertiary/aromatic N) is 2. The maximum atomic E-state index is 11.6. The average molecular weight is 279 g/mol. The molecule has 0 bridgehead atoms. The highest BCUT2D eigenvalue weighted by Gasteiger charge is 2.39. The summed E-state index contributed by atoms with van der Waals surface area (Å²) in [4.78, 5) is 13.8. The minimum absolute atomic E-state index is 0.247. The lowest BCUT2D eigenvalue weighted by molar-refractivity contribution is -0.125. The Kier molecular flexibility index (Phi) is 3.06. The molecule has 1 unspecified atom stereocenters. The maximum absolute atomic E-state index is 11.6. The van der Waals surface area contributed by atoms with Gasteiger partial charge in [0.25, 0.3) is 0 Å². The second-order valence-electron chi connectivity index (χ2n) is 5.89. The van der Waals surface area contributed by atoms with Crippen LogP contribution in [0.2, 0.25) is 0 Å². The fourth-order valence-electron chi connectivity index (χ4n) is 3.02. The van der Waals surface area contributed by atoms with Gasteiger partial charge in [0.2, 0.25) is 5.91 Å². The minimum atomic E-state index is -0.477. The summed E-state index contributed by atoms with van der Waals surface area (Å²) < 4.78 is 0. The number of amides is 1. The summed E-state index contributed by atoms with van der Waals surface area (Å²) in [7, 11) is 0. The summed E-state index contributed by atoms with van der Waals surface area (Å²) in [6.45, 7) is 3.34. The Labute approximate surface area is 123 Å². The van der Waals surface area contributed by atoms with Crippen LogP contribution in [0.15, 0.2) is 36.4 Å². The first-order valence-corrected chi connectivity index (χ1v) is 7.02. The molecule has 1 aliphatic heterocycles. The van der Waals surface area contributed by atoms with Crippen molar-refractivity contribution in [2.45, 2.75) is 13.3 Å². The van der Waals surface area contributed by atoms with Crippen LogP contribution in [-0.4, -0.2) is 19.0 Å². The Morgan fingerprint density at radius 1 is 1.29 bits per heavy atom. The normalized spacial score (nSPS) is 21.4. The van der Waals surface area contributed by atoms with Gasteiger partial charge in [-0.1, -0.05) is 24.3 Å². The highest BCUT2D eigenvalue weighted by molar-refractivity contribution is 5.98. The van der Waals surface area contributed by atoms with Crippen LogP contribution in [0.5, 0.6) is 0 Å². The topological polar surface area (TPSA) is 70.1 Å². The van der Waals surface area contributed by atoms with Crippen LogP contribution in [0.1, 0.15) is 18.9 Å². The summed E-state index contributed by atoms with van der Waals surface area (Å²) >= 11 is 0. The van der Waals surface area contributed by atoms with Gasteiger partial charge in [-0.15, -0.1) is 0 Å². The maximum Gasteiger partial charge on any atom is 0.225 e. The summed E-state index contributed by atoms with van der Waals surface area (Å²) in [5.41, 5.74) is 6.78. The molecule has 1 heterocycles. The smallest absolute Gasteiger partial charge is 0.225 e. The van der Waals surface area contributed by atoms with Crippen molar-refractivity contribution < 1.29 is 4.79 Å². The first-order chi connectivity index (χ1) is 10.0. The highest BCUT2D eigenvalue weighted by atomic mass is 16.1. The number of fused-ring (bicyclic) bond motifs is 1. The molecule has 1 saturated heterocycles. The molecule has 106 valence electrons. The van der Waals surface area contributed by atoms with Crippen molar-refractivity contribution in [3.05, 3.63) is 42.0 Å². The van der Waals surface area contributed by atoms with E-state index in [2.05, 4.69) is 11.0 Å². The van der Waals surface area contributed by atoms with Gasteiger partial charge in [-0.25, -0.2) is 0 Å². The van der Waals surface area contributed by atoms with E-state index in [1.807, 2.05) is 43.3 Å². The molecule has 21 heavy (non-hydrogen) atoms. The van der Waals surface area contributed by atoms with Gasteiger partial charge in [0.1, 0.15) is 0 Å². The molecule has 2 N–H and O–H groups in total. The number of nitrogens with two attached hydrogens (primary N) is 1. The molecule has 2 aromatic carbocycles. The molecule has 1 fully saturated rings. The standard InChI is InChI=1S/C17H17N3O/c1-17(16(19)21)8-9-20(11-17)15-7-6-12(10-18)13-4-2-3-5-14(13)15/h2-7H,8-9,11H2,1H3,(H2,19,21). The number of hydrogen-bond acceptors (Lipinski definition) is 3. The van der Waals surface area contributed by atoms with E-state index >= 15 is 0 Å². The lowest BCUT2D eigenvalue weighted by Crippen LogP contribution is -2.37. The van der Waals surface area contributed by atoms with Crippen LogP contribution in [0.3, 0.4) is 0 Å². The van der Waals surface area contributed by atoms with E-state index < -0.39 is 5.41 Å². The fraction of sp³-hybridized carbons (Fsp3) is 0.294. The number of hydrogen-bond donors (Lipinski definition) is 1. The van der Waals surface area contributed by atoms with Crippen LogP contribution in [0.25, 0.3) is 10.8 Å². The van der Waals surface area contributed by atoms with Crippen molar-refractivity contribution in [3.8, 4) is 6.07 Å². The fourth-order valence-corrected chi connectivity index (χ4v) is 3.02. The third-order valence-corrected chi connectivity index (χ3v) is 4.43. The first-order valence-electron chi connectivity index (χ1n) is 7.02. The minimum Gasteiger partial charge on any atom is -0.370 e. The lowest BCUT2D eigenvalue weighted by atomic mass is 9.89. The van der Waals surface area contributed by atoms with Crippen molar-refractivity contribution in [1.29, 1.82) is 5.26 Å². The van der Waals surface area contributed by atoms with Gasteiger partial charge >= 0.3 is 0 Å². The molecular formula is C17H17N3O. The monoisotopic (exact) mass is 279 g/mol. The van der Waals surface area contributed by atoms with Crippen LogP contribution in [-0.2, 0) is 4.79 Å². The number of carbonyl (C=O) groups is 1. The third kappa shape index (κ3) is 2.11. The predicted octanol–water partition coefficient (Wildman–Crippen LogP) is 2.41. The average Bonchev–Trinajstić information content (AvgIpc) is 2.90. The summed E-state index contributed by atoms with van der Waals surface area (Å²) in [5, 5.41) is 11.2. The number of anilines is 1. The highest BCUT2D eigenvalue weighted by Crippen LogP contribution is 2.37. The molecule has 3 rings (SSSR count). The Balaban J connectivity index is 2.07. The molecule has 1 atom stereocenters. The van der Waals surface area contributed by atoms with E-state index in [0.717, 1.165) is 29.4 Å². The van der Waals surface area contributed by atoms with Crippen LogP contribution in [0.4, 0.5) is 5.69 Å². The lowest BCUT2D eigenvalue weighted by Gasteiger charge is -2.24. The van der Waals surface area contributed by atoms with Gasteiger partial charge in [-0.2, -0.15) is 5.26 Å². The van der Waals surface area contributed by atoms with Gasteiger partial charge in [0, 0.05) is 29.5 Å². The molecule has 0 saturated carbocycles. The molecule has 0 radical (unpaired) electrons. The van der Waals surface area contributed by atoms with Gasteiger partial charge in [0.15, 0.2) is 0 Å². The number of rotatable bonds is 2. The molecule has 0 aromatic heterocycles. The second kappa shape index (κ2) is 4.78. The Morgan fingerprint density at radius 2 is 2.00 bits per heavy atom. The van der Waals surface area contributed by atoms with Crippen LogP contribution < -0.4 is 10.6 Å². The Bertz CT molecular complexity index is 762. The zero-order chi connectivity index (χ0) is 15.0. The van der Waals surface area contributed by atoms with E-state index in [1.165, 1.54) is 0 Å². The van der Waals surface area contributed by atoms with E-state index in [0.29, 0.717) is 12.1 Å². The van der Waals surface area contributed by atoms with Crippen molar-refractivity contribution in [2.24, 2.45) is 11.1 Å². The Morgan fingerprint density at radius 3 is 2.62 bits per heavy atom. The van der Waals surface area contributed by atoms with Crippen LogP contribution in [0, 0.1) is 16.7 Å². The van der Waals surface area contributed by atoms with E-state index in [9.17, 15) is 10.1 Å². The van der Waals surface area contributed by atoms with Gasteiger partial charge < -0.3 is 10.6 Å². The third-order valence-electron chi connectivity index (χ3n) is 4.43. The quantitative estimate of drug-likeness (QED) is 0.917. The van der Waals surface area contributed by atoms with E-state index in [-0.39, 0.29) is 5.91 Å². The van der Waals surface area contributed by atoms with Crippen LogP contribution >= 0.6 is 0 Å². The van der Waals surface area contributed by atoms with E-state index in [4.69, 9.17) is 5.73 Å². The molecule has 4 heteroatoms. The van der Waals surface area contributed by atoms with Gasteiger partial charge in [-0.05, 0) is 25.5 Å². The van der Waals surface area contributed by atoms with Crippen molar-refractivity contribution in [1.82, 2.24) is 0 Å². The predicted molar refractivity (Wildman–Crippen MR) is 82.8 cm³/mol. The van der Waals surface area contributed by atoms with Crippen molar-refractivity contribution >= 4 is 22.4 Å². The number of carbonyl (C=O) groups excluding carboxylic acids is 1. The largest absolute Gasteiger partial charge is 0.370 e. The molecule has 0 aliphatic carbocycles. The molecular weight excluding hydrogens is 262 g/mol. The summed E-state index contributed by atoms with van der Waals surface area (Å²) in [6, 6.07) is 13.9. The number of benzene rings is 2. The zero-order valence-corrected chi connectivity index (χ0v) is 12.0. The molecule has 0 spiro atoms. The Hall–Kier alpha value is -2.54. The number of nitriles is 1. The molecule has 4 nitrogen and oxygen atoms in total. The molecule has 1 amide bonds. The number of primary amides is 1. The SMILES string of the molecule is CC1(C(N)=O)CCN(c2ccc(C#N)c3ccccc23)C1. The molecule has 1 aliphatic rings. The first kappa shape index (κ1) is 13.4. The van der Waals surface area contributed by atoms with E-state index in [1.54, 1.807) is 0 Å². The van der Waals surface area contributed by atoms with Gasteiger partial charge in [-0.3, -0.25) is 4.79 Å². The summed E-state index contributed by atoms with van der Waals surface area (Å²) in [5.74, 6) is -0.247. The second-order valence-corrected chi connectivity index (χ2v) is 5.89. The summed E-state index contributed by atoms with van der Waals surface area (Å²) in [6.07, 6.45) is 0.761. The zero-order valence-electron chi connectivity index (χ0n) is 12.0. The van der Waals surface area contributed by atoms with Crippen molar-refractivity contribution in [2.75, 3.05) is 18.0 Å².